The van der Waals surface area contributed by atoms with E-state index in [4.69, 9.17) is 0 Å². The Kier molecular flexibility index (Phi) is 3.92. The molecule has 0 N–H and O–H groups in total. The fraction of sp³-hybridized carbons (Fsp3) is 0.176. The zero-order chi connectivity index (χ0) is 17.3. The van der Waals surface area contributed by atoms with Crippen molar-refractivity contribution in [2.24, 2.45) is 0 Å². The molecular formula is C17H13F2N3O2. The third-order valence-electron chi connectivity index (χ3n) is 3.35. The van der Waals surface area contributed by atoms with Gasteiger partial charge in [-0.3, -0.25) is 9.78 Å². The van der Waals surface area contributed by atoms with Crippen molar-refractivity contribution in [3.8, 4) is 11.4 Å². The lowest BCUT2D eigenvalue weighted by Gasteiger charge is -2.02. The smallest absolute Gasteiger partial charge is 0.322 e. The van der Waals surface area contributed by atoms with Gasteiger partial charge in [-0.2, -0.15) is 13.8 Å². The van der Waals surface area contributed by atoms with E-state index in [0.717, 1.165) is 5.56 Å². The summed E-state index contributed by atoms with van der Waals surface area (Å²) in [7, 11) is 0. The lowest BCUT2D eigenvalue weighted by atomic mass is 10.0. The Balaban J connectivity index is 1.84. The predicted octanol–water partition coefficient (Wildman–Crippen LogP) is 3.78. The van der Waals surface area contributed by atoms with Crippen molar-refractivity contribution in [1.29, 1.82) is 0 Å². The Morgan fingerprint density at radius 1 is 1.12 bits per heavy atom. The number of aromatic nitrogens is 3. The molecule has 0 spiro atoms. The number of hydrogen-bond donors (Lipinski definition) is 0. The molecule has 2 heterocycles. The van der Waals surface area contributed by atoms with E-state index in [9.17, 15) is 13.6 Å². The van der Waals surface area contributed by atoms with E-state index in [1.54, 1.807) is 42.6 Å². The van der Waals surface area contributed by atoms with Crippen LogP contribution < -0.4 is 0 Å². The zero-order valence-corrected chi connectivity index (χ0v) is 13.0. The fourth-order valence-electron chi connectivity index (χ4n) is 2.04. The Morgan fingerprint density at radius 2 is 1.83 bits per heavy atom. The lowest BCUT2D eigenvalue weighted by molar-refractivity contribution is -0.0158. The molecule has 0 bridgehead atoms. The number of hydrogen-bond acceptors (Lipinski definition) is 5. The van der Waals surface area contributed by atoms with Gasteiger partial charge in [0.1, 0.15) is 5.69 Å². The van der Waals surface area contributed by atoms with Crippen LogP contribution in [0.2, 0.25) is 0 Å². The molecule has 0 amide bonds. The maximum atomic E-state index is 13.1. The van der Waals surface area contributed by atoms with Gasteiger partial charge in [0.2, 0.25) is 11.6 Å². The van der Waals surface area contributed by atoms with E-state index in [0.29, 0.717) is 23.7 Å². The number of ketones is 1. The van der Waals surface area contributed by atoms with Crippen molar-refractivity contribution in [3.05, 3.63) is 65.3 Å². The van der Waals surface area contributed by atoms with Crippen molar-refractivity contribution >= 4 is 5.78 Å². The third-order valence-corrected chi connectivity index (χ3v) is 3.35. The minimum Gasteiger partial charge on any atom is -0.332 e. The minimum absolute atomic E-state index is 0.0407. The van der Waals surface area contributed by atoms with Gasteiger partial charge in [0.25, 0.3) is 5.89 Å². The molecule has 1 aromatic carbocycles. The number of nitrogens with zero attached hydrogens (tertiary/aromatic N) is 3. The van der Waals surface area contributed by atoms with E-state index in [1.807, 2.05) is 6.92 Å². The molecule has 0 fully saturated rings. The van der Waals surface area contributed by atoms with Crippen LogP contribution in [0.15, 0.2) is 47.1 Å². The monoisotopic (exact) mass is 329 g/mol. The molecule has 7 heteroatoms. The summed E-state index contributed by atoms with van der Waals surface area (Å²) in [6.45, 7) is 2.57. The molecule has 5 nitrogen and oxygen atoms in total. The van der Waals surface area contributed by atoms with Crippen molar-refractivity contribution < 1.29 is 18.1 Å². The number of carbonyl (C=O) groups excluding carboxylic acids is 1. The second kappa shape index (κ2) is 5.92. The van der Waals surface area contributed by atoms with Crippen LogP contribution in [0.1, 0.15) is 34.4 Å². The van der Waals surface area contributed by atoms with Crippen LogP contribution in [0.25, 0.3) is 11.4 Å². The van der Waals surface area contributed by atoms with E-state index < -0.39 is 11.8 Å². The predicted molar refractivity (Wildman–Crippen MR) is 81.7 cm³/mol. The summed E-state index contributed by atoms with van der Waals surface area (Å²) in [4.78, 5) is 20.1. The highest BCUT2D eigenvalue weighted by molar-refractivity contribution is 6.07. The summed E-state index contributed by atoms with van der Waals surface area (Å²) in [6.07, 6.45) is 1.62. The van der Waals surface area contributed by atoms with Gasteiger partial charge in [0.05, 0.1) is 0 Å². The summed E-state index contributed by atoms with van der Waals surface area (Å²) >= 11 is 0. The van der Waals surface area contributed by atoms with Gasteiger partial charge in [0.15, 0.2) is 0 Å². The number of carbonyl (C=O) groups is 1. The van der Waals surface area contributed by atoms with Crippen molar-refractivity contribution in [3.63, 3.8) is 0 Å². The first-order valence-electron chi connectivity index (χ1n) is 7.14. The molecule has 0 atom stereocenters. The average Bonchev–Trinajstić information content (AvgIpc) is 3.05. The van der Waals surface area contributed by atoms with Crippen LogP contribution >= 0.6 is 0 Å². The highest BCUT2D eigenvalue weighted by atomic mass is 19.3. The maximum absolute atomic E-state index is 13.1. The highest BCUT2D eigenvalue weighted by Gasteiger charge is 2.32. The molecule has 122 valence electrons. The molecular weight excluding hydrogens is 316 g/mol. The molecule has 0 aliphatic rings. The second-order valence-corrected chi connectivity index (χ2v) is 5.44. The van der Waals surface area contributed by atoms with Gasteiger partial charge in [0, 0.05) is 24.2 Å². The van der Waals surface area contributed by atoms with E-state index in [-0.39, 0.29) is 11.6 Å². The van der Waals surface area contributed by atoms with Gasteiger partial charge in [-0.15, -0.1) is 0 Å². The minimum atomic E-state index is -3.20. The number of rotatable bonds is 4. The van der Waals surface area contributed by atoms with Crippen molar-refractivity contribution in [2.75, 3.05) is 0 Å². The van der Waals surface area contributed by atoms with Gasteiger partial charge >= 0.3 is 5.92 Å². The molecule has 3 rings (SSSR count). The number of halogens is 2. The number of pyridine rings is 1. The summed E-state index contributed by atoms with van der Waals surface area (Å²) in [6, 6.07) is 9.74. The molecule has 0 aliphatic heterocycles. The first-order chi connectivity index (χ1) is 11.3. The summed E-state index contributed by atoms with van der Waals surface area (Å²) in [5.41, 5.74) is 2.20. The standard InChI is InChI=1S/C17H13F2N3O2/c1-10-3-8-13(20-9-10)14(23)11-4-6-12(7-5-11)15-21-16(24-22-15)17(2,18)19/h3-9H,1-2H3. The summed E-state index contributed by atoms with van der Waals surface area (Å²) in [5, 5.41) is 3.53. The van der Waals surface area contributed by atoms with E-state index in [1.165, 1.54) is 0 Å². The van der Waals surface area contributed by atoms with Crippen LogP contribution in [-0.2, 0) is 5.92 Å². The maximum Gasteiger partial charge on any atom is 0.322 e. The second-order valence-electron chi connectivity index (χ2n) is 5.44. The molecule has 0 radical (unpaired) electrons. The number of aryl methyl sites for hydroxylation is 1. The molecule has 0 aliphatic carbocycles. The quantitative estimate of drug-likeness (QED) is 0.681. The van der Waals surface area contributed by atoms with Crippen LogP contribution in [-0.4, -0.2) is 20.9 Å². The number of alkyl halides is 2. The third kappa shape index (κ3) is 3.19. The van der Waals surface area contributed by atoms with Crippen molar-refractivity contribution in [2.45, 2.75) is 19.8 Å². The van der Waals surface area contributed by atoms with Gasteiger partial charge in [-0.05, 0) is 18.6 Å². The zero-order valence-electron chi connectivity index (χ0n) is 13.0. The van der Waals surface area contributed by atoms with E-state index in [2.05, 4.69) is 19.6 Å². The highest BCUT2D eigenvalue weighted by Crippen LogP contribution is 2.27. The largest absolute Gasteiger partial charge is 0.332 e. The Labute approximate surface area is 136 Å². The lowest BCUT2D eigenvalue weighted by Crippen LogP contribution is -2.07. The average molecular weight is 329 g/mol. The Morgan fingerprint density at radius 3 is 2.38 bits per heavy atom. The first kappa shape index (κ1) is 15.9. The van der Waals surface area contributed by atoms with Crippen LogP contribution in [0.4, 0.5) is 8.78 Å². The molecule has 0 saturated carbocycles. The summed E-state index contributed by atoms with van der Waals surface area (Å²) < 4.78 is 30.8. The first-order valence-corrected chi connectivity index (χ1v) is 7.14. The van der Waals surface area contributed by atoms with Crippen molar-refractivity contribution in [1.82, 2.24) is 15.1 Å². The SMILES string of the molecule is Cc1ccc(C(=O)c2ccc(-c3noc(C(C)(F)F)n3)cc2)nc1. The van der Waals surface area contributed by atoms with E-state index >= 15 is 0 Å². The molecule has 24 heavy (non-hydrogen) atoms. The van der Waals surface area contributed by atoms with Crippen LogP contribution in [0.5, 0.6) is 0 Å². The van der Waals surface area contributed by atoms with Gasteiger partial charge in [-0.25, -0.2) is 0 Å². The molecule has 0 saturated heterocycles. The van der Waals surface area contributed by atoms with Crippen LogP contribution in [0.3, 0.4) is 0 Å². The molecule has 3 aromatic rings. The Bertz CT molecular complexity index is 866. The number of benzene rings is 1. The Hall–Kier alpha value is -2.96. The summed E-state index contributed by atoms with van der Waals surface area (Å²) in [5.74, 6) is -4.13. The molecule has 0 unspecified atom stereocenters. The topological polar surface area (TPSA) is 68.9 Å². The molecule has 2 aromatic heterocycles. The van der Waals surface area contributed by atoms with Gasteiger partial charge < -0.3 is 4.52 Å². The van der Waals surface area contributed by atoms with Gasteiger partial charge in [-0.1, -0.05) is 35.5 Å². The fourth-order valence-corrected chi connectivity index (χ4v) is 2.04. The van der Waals surface area contributed by atoms with Crippen LogP contribution in [0, 0.1) is 6.92 Å². The normalized spacial score (nSPS) is 11.5.